The molecule has 2 N–H and O–H groups in total. The predicted octanol–water partition coefficient (Wildman–Crippen LogP) is 1.40. The van der Waals surface area contributed by atoms with Gasteiger partial charge in [0, 0.05) is 12.7 Å². The van der Waals surface area contributed by atoms with Crippen molar-refractivity contribution in [1.82, 2.24) is 15.6 Å². The molecule has 0 aliphatic heterocycles. The summed E-state index contributed by atoms with van der Waals surface area (Å²) < 4.78 is 29.4. The topological polar surface area (TPSA) is 97.4 Å². The number of thioether (sulfide) groups is 1. The fraction of sp³-hybridized carbons (Fsp3) is 0.333. The molecular formula is C12H13F2N3O4S. The van der Waals surface area contributed by atoms with Crippen molar-refractivity contribution in [2.45, 2.75) is 17.7 Å². The van der Waals surface area contributed by atoms with Gasteiger partial charge >= 0.3 is 12.0 Å². The summed E-state index contributed by atoms with van der Waals surface area (Å²) in [5, 5.41) is 4.04. The van der Waals surface area contributed by atoms with E-state index in [1.807, 2.05) is 5.32 Å². The van der Waals surface area contributed by atoms with Crippen LogP contribution in [0.2, 0.25) is 0 Å². The minimum absolute atomic E-state index is 0.0949. The van der Waals surface area contributed by atoms with Crippen molar-refractivity contribution in [2.75, 3.05) is 13.2 Å². The summed E-state index contributed by atoms with van der Waals surface area (Å²) in [7, 11) is 0. The third-order valence-corrected chi connectivity index (χ3v) is 2.84. The maximum atomic E-state index is 12.4. The number of esters is 1. The number of imide groups is 1. The zero-order valence-electron chi connectivity index (χ0n) is 11.5. The van der Waals surface area contributed by atoms with Gasteiger partial charge in [-0.3, -0.25) is 10.1 Å². The molecule has 0 fully saturated rings. The van der Waals surface area contributed by atoms with Crippen molar-refractivity contribution < 1.29 is 27.9 Å². The summed E-state index contributed by atoms with van der Waals surface area (Å²) in [6.07, 6.45) is 1.25. The normalized spacial score (nSPS) is 10.2. The number of amides is 3. The fourth-order valence-electron chi connectivity index (χ4n) is 1.30. The maximum absolute atomic E-state index is 12.4. The second kappa shape index (κ2) is 8.93. The number of ether oxygens (including phenoxy) is 1. The van der Waals surface area contributed by atoms with Crippen molar-refractivity contribution in [3.63, 3.8) is 0 Å². The van der Waals surface area contributed by atoms with Crippen LogP contribution >= 0.6 is 11.8 Å². The van der Waals surface area contributed by atoms with Gasteiger partial charge < -0.3 is 10.1 Å². The van der Waals surface area contributed by atoms with Crippen LogP contribution in [0.3, 0.4) is 0 Å². The molecule has 0 aliphatic rings. The van der Waals surface area contributed by atoms with E-state index >= 15 is 0 Å². The van der Waals surface area contributed by atoms with E-state index in [2.05, 4.69) is 15.0 Å². The van der Waals surface area contributed by atoms with Gasteiger partial charge in [-0.25, -0.2) is 14.6 Å². The van der Waals surface area contributed by atoms with Crippen molar-refractivity contribution in [2.24, 2.45) is 0 Å². The number of aromatic nitrogens is 1. The summed E-state index contributed by atoms with van der Waals surface area (Å²) in [6.45, 7) is 1.27. The smallest absolute Gasteiger partial charge is 0.341 e. The van der Waals surface area contributed by atoms with Crippen molar-refractivity contribution in [1.29, 1.82) is 0 Å². The van der Waals surface area contributed by atoms with Gasteiger partial charge in [0.1, 0.15) is 5.03 Å². The zero-order valence-corrected chi connectivity index (χ0v) is 12.3. The molecule has 0 aliphatic carbocycles. The van der Waals surface area contributed by atoms with Crippen molar-refractivity contribution in [3.05, 3.63) is 23.9 Å². The highest BCUT2D eigenvalue weighted by atomic mass is 32.2. The number of hydrogen-bond acceptors (Lipinski definition) is 6. The lowest BCUT2D eigenvalue weighted by Crippen LogP contribution is -2.41. The van der Waals surface area contributed by atoms with Gasteiger partial charge in [0.25, 0.3) is 11.7 Å². The third kappa shape index (κ3) is 6.04. The quantitative estimate of drug-likeness (QED) is 0.603. The Morgan fingerprint density at radius 3 is 2.77 bits per heavy atom. The van der Waals surface area contributed by atoms with Crippen LogP contribution in [0.4, 0.5) is 13.6 Å². The number of urea groups is 1. The van der Waals surface area contributed by atoms with Crippen LogP contribution in [0.5, 0.6) is 0 Å². The molecule has 1 rings (SSSR count). The summed E-state index contributed by atoms with van der Waals surface area (Å²) in [4.78, 5) is 37.8. The lowest BCUT2D eigenvalue weighted by atomic mass is 10.3. The van der Waals surface area contributed by atoms with E-state index in [4.69, 9.17) is 0 Å². The number of pyridine rings is 1. The largest absolute Gasteiger partial charge is 0.452 e. The lowest BCUT2D eigenvalue weighted by Gasteiger charge is -2.08. The number of hydrogen-bond donors (Lipinski definition) is 2. The molecule has 1 heterocycles. The summed E-state index contributed by atoms with van der Waals surface area (Å²) in [5.41, 5.74) is -0.182. The minimum Gasteiger partial charge on any atom is -0.452 e. The van der Waals surface area contributed by atoms with E-state index in [1.54, 1.807) is 6.92 Å². The predicted molar refractivity (Wildman–Crippen MR) is 73.6 cm³/mol. The summed E-state index contributed by atoms with van der Waals surface area (Å²) in [5.74, 6) is -4.57. The number of rotatable bonds is 6. The average molecular weight is 333 g/mol. The van der Waals surface area contributed by atoms with Gasteiger partial charge in [0.05, 0.1) is 5.56 Å². The number of carbonyl (C=O) groups is 3. The van der Waals surface area contributed by atoms with E-state index in [9.17, 15) is 23.2 Å². The molecular weight excluding hydrogens is 320 g/mol. The number of nitrogens with one attached hydrogen (secondary N) is 2. The molecule has 0 bridgehead atoms. The summed E-state index contributed by atoms with van der Waals surface area (Å²) >= 11 is 0.0949. The first kappa shape index (κ1) is 17.8. The Morgan fingerprint density at radius 2 is 2.14 bits per heavy atom. The average Bonchev–Trinajstić information content (AvgIpc) is 2.45. The van der Waals surface area contributed by atoms with Crippen LogP contribution in [-0.4, -0.2) is 41.8 Å². The Kier molecular flexibility index (Phi) is 7.23. The Hall–Kier alpha value is -2.23. The number of halogens is 2. The van der Waals surface area contributed by atoms with E-state index < -0.39 is 30.3 Å². The molecule has 120 valence electrons. The first-order valence-corrected chi connectivity index (χ1v) is 6.96. The molecule has 0 atom stereocenters. The number of carbonyl (C=O) groups excluding carboxylic acids is 3. The Balaban J connectivity index is 2.59. The molecule has 3 amide bonds. The highest BCUT2D eigenvalue weighted by molar-refractivity contribution is 7.99. The standard InChI is InChI=1S/C12H13F2N3O4S/c1-2-15-12(20)17-8(18)6-21-10(19)7-4-3-5-16-9(7)22-11(13)14/h3-5,11H,2,6H2,1H3,(H2,15,17,18,20). The van der Waals surface area contributed by atoms with Gasteiger partial charge in [-0.15, -0.1) is 0 Å². The van der Waals surface area contributed by atoms with Gasteiger partial charge in [-0.05, 0) is 30.8 Å². The number of nitrogens with zero attached hydrogens (tertiary/aromatic N) is 1. The van der Waals surface area contributed by atoms with Crippen LogP contribution in [-0.2, 0) is 9.53 Å². The minimum atomic E-state index is -2.75. The van der Waals surface area contributed by atoms with E-state index in [-0.39, 0.29) is 22.4 Å². The zero-order chi connectivity index (χ0) is 16.5. The van der Waals surface area contributed by atoms with E-state index in [0.29, 0.717) is 6.54 Å². The van der Waals surface area contributed by atoms with Crippen molar-refractivity contribution in [3.8, 4) is 0 Å². The molecule has 1 aromatic rings. The van der Waals surface area contributed by atoms with Crippen LogP contribution in [0.25, 0.3) is 0 Å². The molecule has 7 nitrogen and oxygen atoms in total. The maximum Gasteiger partial charge on any atom is 0.341 e. The van der Waals surface area contributed by atoms with Crippen LogP contribution in [0.1, 0.15) is 17.3 Å². The first-order valence-electron chi connectivity index (χ1n) is 6.08. The molecule has 1 aromatic heterocycles. The van der Waals surface area contributed by atoms with E-state index in [1.165, 1.54) is 18.3 Å². The third-order valence-electron chi connectivity index (χ3n) is 2.12. The molecule has 22 heavy (non-hydrogen) atoms. The Bertz CT molecular complexity index is 557. The molecule has 0 aromatic carbocycles. The number of alkyl halides is 2. The molecule has 0 saturated heterocycles. The van der Waals surface area contributed by atoms with Crippen molar-refractivity contribution >= 4 is 29.7 Å². The molecule has 0 unspecified atom stereocenters. The van der Waals surface area contributed by atoms with Gasteiger partial charge in [0.2, 0.25) is 0 Å². The molecule has 0 spiro atoms. The van der Waals surface area contributed by atoms with Crippen LogP contribution < -0.4 is 10.6 Å². The molecule has 0 saturated carbocycles. The van der Waals surface area contributed by atoms with E-state index in [0.717, 1.165) is 0 Å². The van der Waals surface area contributed by atoms with Crippen LogP contribution in [0.15, 0.2) is 23.4 Å². The van der Waals surface area contributed by atoms with Gasteiger partial charge in [-0.2, -0.15) is 8.78 Å². The Morgan fingerprint density at radius 1 is 1.41 bits per heavy atom. The lowest BCUT2D eigenvalue weighted by molar-refractivity contribution is -0.123. The summed E-state index contributed by atoms with van der Waals surface area (Å²) in [6, 6.07) is 1.90. The second-order valence-corrected chi connectivity index (χ2v) is 4.70. The Labute approximate surface area is 128 Å². The highest BCUT2D eigenvalue weighted by Crippen LogP contribution is 2.26. The van der Waals surface area contributed by atoms with Gasteiger partial charge in [0.15, 0.2) is 6.61 Å². The second-order valence-electron chi connectivity index (χ2n) is 3.72. The molecule has 0 radical (unpaired) electrons. The first-order chi connectivity index (χ1) is 10.4. The van der Waals surface area contributed by atoms with Crippen LogP contribution in [0, 0.1) is 0 Å². The SMILES string of the molecule is CCNC(=O)NC(=O)COC(=O)c1cccnc1SC(F)F. The molecule has 10 heteroatoms. The fourth-order valence-corrected chi connectivity index (χ4v) is 1.87. The highest BCUT2D eigenvalue weighted by Gasteiger charge is 2.19. The van der Waals surface area contributed by atoms with Gasteiger partial charge in [-0.1, -0.05) is 0 Å². The monoisotopic (exact) mass is 333 g/mol.